The van der Waals surface area contributed by atoms with Gasteiger partial charge in [-0.2, -0.15) is 10.2 Å². The number of carbonyl (C=O) groups excluding carboxylic acids is 1. The summed E-state index contributed by atoms with van der Waals surface area (Å²) in [7, 11) is 1.79. The van der Waals surface area contributed by atoms with Crippen LogP contribution in [0.4, 0.5) is 0 Å². The Morgan fingerprint density at radius 2 is 2.32 bits per heavy atom. The standard InChI is InChI=1S/C16H18N6O2S/c1-20-14(2-3-18-20)16(24)13-6-11-9-21(4-5-22(11)19-13)15(23)7-12-8-17-10-25-12/h2-3,6,8,10,16,24H,4-5,7,9H2,1H3/t16-/m0/s1. The molecule has 3 aromatic heterocycles. The quantitative estimate of drug-likeness (QED) is 0.743. The molecular formula is C16H18N6O2S. The van der Waals surface area contributed by atoms with Gasteiger partial charge in [0, 0.05) is 30.9 Å². The molecule has 0 aliphatic carbocycles. The van der Waals surface area contributed by atoms with Crippen LogP contribution in [0.3, 0.4) is 0 Å². The van der Waals surface area contributed by atoms with Crippen molar-refractivity contribution in [2.45, 2.75) is 25.6 Å². The van der Waals surface area contributed by atoms with Crippen LogP contribution >= 0.6 is 11.3 Å². The lowest BCUT2D eigenvalue weighted by molar-refractivity contribution is -0.131. The smallest absolute Gasteiger partial charge is 0.228 e. The summed E-state index contributed by atoms with van der Waals surface area (Å²) in [6, 6.07) is 3.64. The number of fused-ring (bicyclic) bond motifs is 1. The molecule has 0 bridgehead atoms. The van der Waals surface area contributed by atoms with Crippen LogP contribution in [-0.2, 0) is 31.4 Å². The number of hydrogen-bond acceptors (Lipinski definition) is 6. The fourth-order valence-electron chi connectivity index (χ4n) is 3.03. The third kappa shape index (κ3) is 3.08. The van der Waals surface area contributed by atoms with Crippen LogP contribution < -0.4 is 0 Å². The van der Waals surface area contributed by atoms with Crippen LogP contribution in [0.15, 0.2) is 30.0 Å². The summed E-state index contributed by atoms with van der Waals surface area (Å²) < 4.78 is 3.50. The number of aromatic nitrogens is 5. The normalized spacial score (nSPS) is 15.2. The fourth-order valence-corrected chi connectivity index (χ4v) is 3.61. The van der Waals surface area contributed by atoms with Crippen molar-refractivity contribution < 1.29 is 9.90 Å². The second-order valence-electron chi connectivity index (χ2n) is 6.03. The van der Waals surface area contributed by atoms with Crippen LogP contribution in [0, 0.1) is 0 Å². The minimum atomic E-state index is -0.827. The van der Waals surface area contributed by atoms with Gasteiger partial charge >= 0.3 is 0 Å². The van der Waals surface area contributed by atoms with Crippen LogP contribution in [0.5, 0.6) is 0 Å². The van der Waals surface area contributed by atoms with Gasteiger partial charge in [-0.15, -0.1) is 11.3 Å². The molecule has 4 heterocycles. The maximum atomic E-state index is 12.5. The predicted octanol–water partition coefficient (Wildman–Crippen LogP) is 0.740. The van der Waals surface area contributed by atoms with Gasteiger partial charge in [0.2, 0.25) is 5.91 Å². The first-order valence-electron chi connectivity index (χ1n) is 7.99. The Kier molecular flexibility index (Phi) is 4.10. The second-order valence-corrected chi connectivity index (χ2v) is 7.00. The Hall–Kier alpha value is -2.52. The zero-order chi connectivity index (χ0) is 17.4. The molecule has 0 saturated heterocycles. The lowest BCUT2D eigenvalue weighted by Crippen LogP contribution is -2.39. The van der Waals surface area contributed by atoms with Crippen molar-refractivity contribution in [3.05, 3.63) is 52.0 Å². The van der Waals surface area contributed by atoms with Gasteiger partial charge in [0.25, 0.3) is 0 Å². The molecule has 1 aliphatic heterocycles. The SMILES string of the molecule is Cn1nccc1[C@@H](O)c1cc2n(n1)CCN(C(=O)Cc1cncs1)C2. The monoisotopic (exact) mass is 358 g/mol. The maximum absolute atomic E-state index is 12.5. The molecule has 0 saturated carbocycles. The molecule has 25 heavy (non-hydrogen) atoms. The number of aliphatic hydroxyl groups is 1. The number of amides is 1. The Morgan fingerprint density at radius 1 is 1.44 bits per heavy atom. The van der Waals surface area contributed by atoms with Gasteiger partial charge in [-0.1, -0.05) is 0 Å². The highest BCUT2D eigenvalue weighted by molar-refractivity contribution is 7.09. The van der Waals surface area contributed by atoms with Crippen LogP contribution in [0.2, 0.25) is 0 Å². The van der Waals surface area contributed by atoms with E-state index in [-0.39, 0.29) is 5.91 Å². The van der Waals surface area contributed by atoms with Crippen molar-refractivity contribution in [2.24, 2.45) is 7.05 Å². The van der Waals surface area contributed by atoms with Gasteiger partial charge in [0.1, 0.15) is 6.10 Å². The van der Waals surface area contributed by atoms with Crippen molar-refractivity contribution >= 4 is 17.2 Å². The molecule has 1 N–H and O–H groups in total. The summed E-state index contributed by atoms with van der Waals surface area (Å²) in [6.45, 7) is 1.75. The number of nitrogens with zero attached hydrogens (tertiary/aromatic N) is 6. The maximum Gasteiger partial charge on any atom is 0.228 e. The highest BCUT2D eigenvalue weighted by Gasteiger charge is 2.25. The Balaban J connectivity index is 1.49. The van der Waals surface area contributed by atoms with Gasteiger partial charge in [0.05, 0.1) is 42.1 Å². The third-order valence-electron chi connectivity index (χ3n) is 4.40. The predicted molar refractivity (Wildman–Crippen MR) is 90.7 cm³/mol. The van der Waals surface area contributed by atoms with Crippen molar-refractivity contribution in [1.82, 2.24) is 29.4 Å². The molecular weight excluding hydrogens is 340 g/mol. The molecule has 0 aromatic carbocycles. The number of rotatable bonds is 4. The number of aryl methyl sites for hydroxylation is 1. The molecule has 0 spiro atoms. The molecule has 0 radical (unpaired) electrons. The average molecular weight is 358 g/mol. The molecule has 1 atom stereocenters. The molecule has 0 unspecified atom stereocenters. The molecule has 9 heteroatoms. The van der Waals surface area contributed by atoms with Gasteiger partial charge in [-0.05, 0) is 12.1 Å². The van der Waals surface area contributed by atoms with Crippen molar-refractivity contribution in [3.63, 3.8) is 0 Å². The summed E-state index contributed by atoms with van der Waals surface area (Å²) in [6.07, 6.45) is 2.93. The van der Waals surface area contributed by atoms with E-state index in [1.807, 2.05) is 15.6 Å². The van der Waals surface area contributed by atoms with Gasteiger partial charge in [-0.25, -0.2) is 0 Å². The zero-order valence-corrected chi connectivity index (χ0v) is 14.6. The lowest BCUT2D eigenvalue weighted by atomic mass is 10.1. The van der Waals surface area contributed by atoms with Crippen molar-refractivity contribution in [1.29, 1.82) is 0 Å². The summed E-state index contributed by atoms with van der Waals surface area (Å²) in [5, 5.41) is 19.1. The van der Waals surface area contributed by atoms with E-state index in [0.29, 0.717) is 37.4 Å². The second kappa shape index (κ2) is 6.41. The largest absolute Gasteiger partial charge is 0.380 e. The molecule has 1 aliphatic rings. The minimum Gasteiger partial charge on any atom is -0.380 e. The first kappa shape index (κ1) is 16.0. The third-order valence-corrected chi connectivity index (χ3v) is 5.18. The molecule has 0 fully saturated rings. The highest BCUT2D eigenvalue weighted by Crippen LogP contribution is 2.23. The number of carbonyl (C=O) groups is 1. The number of hydrogen-bond donors (Lipinski definition) is 1. The van der Waals surface area contributed by atoms with E-state index in [2.05, 4.69) is 15.2 Å². The average Bonchev–Trinajstić information content (AvgIpc) is 3.33. The van der Waals surface area contributed by atoms with E-state index in [1.54, 1.807) is 35.7 Å². The van der Waals surface area contributed by atoms with E-state index >= 15 is 0 Å². The first-order valence-corrected chi connectivity index (χ1v) is 8.87. The Bertz CT molecular complexity index is 884. The zero-order valence-electron chi connectivity index (χ0n) is 13.7. The van der Waals surface area contributed by atoms with Gasteiger partial charge in [-0.3, -0.25) is 19.1 Å². The first-order chi connectivity index (χ1) is 12.1. The molecule has 130 valence electrons. The topological polar surface area (TPSA) is 89.1 Å². The highest BCUT2D eigenvalue weighted by atomic mass is 32.1. The van der Waals surface area contributed by atoms with Crippen molar-refractivity contribution in [3.8, 4) is 0 Å². The molecule has 1 amide bonds. The molecule has 3 aromatic rings. The summed E-state index contributed by atoms with van der Waals surface area (Å²) in [5.41, 5.74) is 3.93. The van der Waals surface area contributed by atoms with Crippen LogP contribution in [0.1, 0.15) is 28.1 Å². The summed E-state index contributed by atoms with van der Waals surface area (Å²) >= 11 is 1.49. The minimum absolute atomic E-state index is 0.0884. The van der Waals surface area contributed by atoms with Crippen LogP contribution in [-0.4, -0.2) is 47.0 Å². The summed E-state index contributed by atoms with van der Waals surface area (Å²) in [5.74, 6) is 0.0884. The van der Waals surface area contributed by atoms with E-state index in [4.69, 9.17) is 0 Å². The van der Waals surface area contributed by atoms with Gasteiger partial charge < -0.3 is 10.0 Å². The van der Waals surface area contributed by atoms with E-state index in [1.165, 1.54) is 11.3 Å². The van der Waals surface area contributed by atoms with Gasteiger partial charge in [0.15, 0.2) is 0 Å². The molecule has 4 rings (SSSR count). The van der Waals surface area contributed by atoms with Crippen molar-refractivity contribution in [2.75, 3.05) is 6.54 Å². The van der Waals surface area contributed by atoms with E-state index in [0.717, 1.165) is 10.6 Å². The summed E-state index contributed by atoms with van der Waals surface area (Å²) in [4.78, 5) is 19.3. The number of aliphatic hydroxyl groups excluding tert-OH is 1. The van der Waals surface area contributed by atoms with E-state index < -0.39 is 6.10 Å². The van der Waals surface area contributed by atoms with E-state index in [9.17, 15) is 9.90 Å². The molecule has 8 nitrogen and oxygen atoms in total. The fraction of sp³-hybridized carbons (Fsp3) is 0.375. The Labute approximate surface area is 148 Å². The lowest BCUT2D eigenvalue weighted by Gasteiger charge is -2.27. The Morgan fingerprint density at radius 3 is 3.04 bits per heavy atom. The number of thiazole rings is 1. The van der Waals surface area contributed by atoms with Crippen LogP contribution in [0.25, 0.3) is 0 Å².